The van der Waals surface area contributed by atoms with Crippen LogP contribution in [0.2, 0.25) is 0 Å². The van der Waals surface area contributed by atoms with Gasteiger partial charge < -0.3 is 15.1 Å². The predicted octanol–water partition coefficient (Wildman–Crippen LogP) is 3.02. The van der Waals surface area contributed by atoms with Gasteiger partial charge in [0.2, 0.25) is 0 Å². The van der Waals surface area contributed by atoms with Crippen LogP contribution >= 0.6 is 0 Å². The molecule has 2 aromatic rings. The molecule has 0 bridgehead atoms. The van der Waals surface area contributed by atoms with Gasteiger partial charge in [0, 0.05) is 18.5 Å². The Balaban J connectivity index is 1.87. The fourth-order valence-corrected chi connectivity index (χ4v) is 3.46. The van der Waals surface area contributed by atoms with Crippen molar-refractivity contribution in [1.29, 1.82) is 0 Å². The average Bonchev–Trinajstić information content (AvgIpc) is 2.97. The van der Waals surface area contributed by atoms with Crippen LogP contribution < -0.4 is 5.73 Å². The summed E-state index contributed by atoms with van der Waals surface area (Å²) in [5.74, 6) is 0.441. The minimum Gasteiger partial charge on any atom is -0.463 e. The molecule has 1 amide bonds. The van der Waals surface area contributed by atoms with Crippen molar-refractivity contribution >= 4 is 16.9 Å². The molecule has 3 rings (SSSR count). The third kappa shape index (κ3) is 2.56. The third-order valence-corrected chi connectivity index (χ3v) is 4.70. The molecule has 0 spiro atoms. The van der Waals surface area contributed by atoms with E-state index in [1.165, 1.54) is 12.8 Å². The number of rotatable bonds is 3. The van der Waals surface area contributed by atoms with Gasteiger partial charge in [-0.05, 0) is 31.4 Å². The Hall–Kier alpha value is -1.81. The molecule has 1 aliphatic carbocycles. The number of para-hydroxylation sites is 1. The first kappa shape index (κ1) is 14.1. The largest absolute Gasteiger partial charge is 0.463 e. The van der Waals surface area contributed by atoms with Crippen LogP contribution in [0.5, 0.6) is 0 Å². The highest BCUT2D eigenvalue weighted by Crippen LogP contribution is 2.29. The summed E-state index contributed by atoms with van der Waals surface area (Å²) in [7, 11) is 1.89. The first-order chi connectivity index (χ1) is 10.2. The van der Waals surface area contributed by atoms with E-state index in [0.29, 0.717) is 18.0 Å². The average molecular weight is 286 g/mol. The van der Waals surface area contributed by atoms with Gasteiger partial charge in [-0.1, -0.05) is 31.0 Å². The topological polar surface area (TPSA) is 59.5 Å². The van der Waals surface area contributed by atoms with E-state index in [-0.39, 0.29) is 11.9 Å². The molecule has 2 unspecified atom stereocenters. The van der Waals surface area contributed by atoms with Crippen LogP contribution in [0.25, 0.3) is 11.0 Å². The predicted molar refractivity (Wildman–Crippen MR) is 83.1 cm³/mol. The number of benzene rings is 1. The first-order valence-electron chi connectivity index (χ1n) is 7.66. The summed E-state index contributed by atoms with van der Waals surface area (Å²) in [4.78, 5) is 14.7. The molecule has 1 saturated carbocycles. The van der Waals surface area contributed by atoms with E-state index in [2.05, 4.69) is 0 Å². The lowest BCUT2D eigenvalue weighted by atomic mass is 9.83. The lowest BCUT2D eigenvalue weighted by molar-refractivity contribution is 0.0621. The maximum atomic E-state index is 12.8. The minimum absolute atomic E-state index is 0.0327. The molecule has 1 heterocycles. The van der Waals surface area contributed by atoms with Gasteiger partial charge in [-0.3, -0.25) is 4.79 Å². The Morgan fingerprint density at radius 3 is 2.90 bits per heavy atom. The van der Waals surface area contributed by atoms with Gasteiger partial charge in [-0.2, -0.15) is 0 Å². The van der Waals surface area contributed by atoms with Gasteiger partial charge in [0.1, 0.15) is 11.8 Å². The summed E-state index contributed by atoms with van der Waals surface area (Å²) in [5, 5.41) is 0.884. The molecule has 1 aromatic carbocycles. The second kappa shape index (κ2) is 5.90. The number of carbonyl (C=O) groups excluding carboxylic acids is 1. The highest BCUT2D eigenvalue weighted by Gasteiger charge is 2.31. The van der Waals surface area contributed by atoms with Crippen molar-refractivity contribution in [1.82, 2.24) is 4.90 Å². The molecular weight excluding hydrogens is 264 g/mol. The van der Waals surface area contributed by atoms with Crippen LogP contribution in [0, 0.1) is 5.92 Å². The van der Waals surface area contributed by atoms with Gasteiger partial charge in [0.15, 0.2) is 0 Å². The Bertz CT molecular complexity index is 635. The molecule has 0 radical (unpaired) electrons. The number of furan rings is 1. The van der Waals surface area contributed by atoms with E-state index >= 15 is 0 Å². The molecular formula is C17H22N2O2. The van der Waals surface area contributed by atoms with Crippen LogP contribution in [0.3, 0.4) is 0 Å². The maximum absolute atomic E-state index is 12.8. The first-order valence-corrected chi connectivity index (χ1v) is 7.66. The molecule has 4 nitrogen and oxygen atoms in total. The summed E-state index contributed by atoms with van der Waals surface area (Å²) in [6.07, 6.45) is 6.12. The van der Waals surface area contributed by atoms with Crippen molar-refractivity contribution in [2.24, 2.45) is 11.7 Å². The van der Waals surface area contributed by atoms with Crippen molar-refractivity contribution in [2.45, 2.75) is 31.7 Å². The lowest BCUT2D eigenvalue weighted by Crippen LogP contribution is -2.45. The van der Waals surface area contributed by atoms with E-state index in [1.807, 2.05) is 36.2 Å². The van der Waals surface area contributed by atoms with Gasteiger partial charge in [-0.25, -0.2) is 0 Å². The summed E-state index contributed by atoms with van der Waals surface area (Å²) in [6.45, 7) is 0.647. The summed E-state index contributed by atoms with van der Waals surface area (Å²) < 4.78 is 5.49. The molecule has 1 fully saturated rings. The van der Waals surface area contributed by atoms with E-state index in [4.69, 9.17) is 10.2 Å². The number of fused-ring (bicyclic) bond motifs is 1. The maximum Gasteiger partial charge on any atom is 0.257 e. The minimum atomic E-state index is 0.0327. The van der Waals surface area contributed by atoms with Gasteiger partial charge in [-0.15, -0.1) is 0 Å². The van der Waals surface area contributed by atoms with Gasteiger partial charge >= 0.3 is 0 Å². The Morgan fingerprint density at radius 2 is 2.10 bits per heavy atom. The Labute approximate surface area is 124 Å². The van der Waals surface area contributed by atoms with Crippen molar-refractivity contribution < 1.29 is 9.21 Å². The fraction of sp³-hybridized carbons (Fsp3) is 0.471. The number of nitrogens with zero attached hydrogens (tertiary/aromatic N) is 1. The molecule has 2 atom stereocenters. The second-order valence-electron chi connectivity index (χ2n) is 5.91. The zero-order chi connectivity index (χ0) is 14.8. The van der Waals surface area contributed by atoms with Crippen LogP contribution in [0.15, 0.2) is 34.9 Å². The highest BCUT2D eigenvalue weighted by molar-refractivity contribution is 6.05. The fourth-order valence-electron chi connectivity index (χ4n) is 3.46. The highest BCUT2D eigenvalue weighted by atomic mass is 16.3. The SMILES string of the molecule is CN(C(=O)c1coc2ccccc12)C1CCCCC1CN. The molecule has 0 aliphatic heterocycles. The second-order valence-corrected chi connectivity index (χ2v) is 5.91. The molecule has 21 heavy (non-hydrogen) atoms. The summed E-state index contributed by atoms with van der Waals surface area (Å²) >= 11 is 0. The summed E-state index contributed by atoms with van der Waals surface area (Å²) in [6, 6.07) is 7.90. The Morgan fingerprint density at radius 1 is 1.33 bits per heavy atom. The Kier molecular flexibility index (Phi) is 3.97. The van der Waals surface area contributed by atoms with E-state index in [9.17, 15) is 4.79 Å². The van der Waals surface area contributed by atoms with E-state index in [0.717, 1.165) is 23.8 Å². The number of hydrogen-bond donors (Lipinski definition) is 1. The van der Waals surface area contributed by atoms with E-state index in [1.54, 1.807) is 6.26 Å². The number of nitrogens with two attached hydrogens (primary N) is 1. The zero-order valence-electron chi connectivity index (χ0n) is 12.4. The number of hydrogen-bond acceptors (Lipinski definition) is 3. The molecule has 1 aromatic heterocycles. The van der Waals surface area contributed by atoms with Crippen molar-refractivity contribution in [3.05, 3.63) is 36.1 Å². The molecule has 0 saturated heterocycles. The van der Waals surface area contributed by atoms with Crippen LogP contribution in [-0.4, -0.2) is 30.4 Å². The van der Waals surface area contributed by atoms with Crippen molar-refractivity contribution in [2.75, 3.05) is 13.6 Å². The van der Waals surface area contributed by atoms with Crippen LogP contribution in [0.1, 0.15) is 36.0 Å². The van der Waals surface area contributed by atoms with Crippen molar-refractivity contribution in [3.8, 4) is 0 Å². The molecule has 2 N–H and O–H groups in total. The lowest BCUT2D eigenvalue weighted by Gasteiger charge is -2.37. The number of amides is 1. The molecule has 1 aliphatic rings. The smallest absolute Gasteiger partial charge is 0.257 e. The van der Waals surface area contributed by atoms with Crippen molar-refractivity contribution in [3.63, 3.8) is 0 Å². The quantitative estimate of drug-likeness (QED) is 0.943. The molecule has 112 valence electrons. The monoisotopic (exact) mass is 286 g/mol. The standard InChI is InChI=1S/C17H22N2O2/c1-19(15-8-4-2-6-12(15)10-18)17(20)14-11-21-16-9-5-3-7-13(14)16/h3,5,7,9,11-12,15H,2,4,6,8,10,18H2,1H3. The molecule has 4 heteroatoms. The summed E-state index contributed by atoms with van der Waals surface area (Å²) in [5.41, 5.74) is 7.29. The normalized spacial score (nSPS) is 22.4. The zero-order valence-corrected chi connectivity index (χ0v) is 12.4. The van der Waals surface area contributed by atoms with E-state index < -0.39 is 0 Å². The van der Waals surface area contributed by atoms with Crippen LogP contribution in [0.4, 0.5) is 0 Å². The number of carbonyl (C=O) groups is 1. The van der Waals surface area contributed by atoms with Crippen LogP contribution in [-0.2, 0) is 0 Å². The van der Waals surface area contributed by atoms with Gasteiger partial charge in [0.25, 0.3) is 5.91 Å². The third-order valence-electron chi connectivity index (χ3n) is 4.70. The van der Waals surface area contributed by atoms with Gasteiger partial charge in [0.05, 0.1) is 5.56 Å².